The Morgan fingerprint density at radius 1 is 1.18 bits per heavy atom. The van der Waals surface area contributed by atoms with Crippen molar-refractivity contribution >= 4 is 52.0 Å². The molecule has 11 heteroatoms. The molecule has 2 aromatic carbocycles. The number of likely N-dealkylation sites (N-methyl/N-ethyl adjacent to an activating group) is 1. The largest absolute Gasteiger partial charge is 0.362 e. The van der Waals surface area contributed by atoms with Crippen LogP contribution in [0.1, 0.15) is 12.5 Å². The van der Waals surface area contributed by atoms with Gasteiger partial charge in [-0.05, 0) is 43.2 Å². The van der Waals surface area contributed by atoms with Gasteiger partial charge in [0.25, 0.3) is 11.5 Å². The van der Waals surface area contributed by atoms with Crippen molar-refractivity contribution in [3.8, 4) is 12.1 Å². The zero-order valence-electron chi connectivity index (χ0n) is 21.6. The van der Waals surface area contributed by atoms with E-state index >= 15 is 0 Å². The number of anilines is 3. The lowest BCUT2D eigenvalue weighted by atomic mass is 10.2. The van der Waals surface area contributed by atoms with Crippen LogP contribution in [-0.4, -0.2) is 43.1 Å². The molecule has 1 aliphatic heterocycles. The number of aromatic nitrogens is 1. The van der Waals surface area contributed by atoms with E-state index in [0.717, 1.165) is 30.0 Å². The van der Waals surface area contributed by atoms with Gasteiger partial charge in [0.15, 0.2) is 5.57 Å². The van der Waals surface area contributed by atoms with Gasteiger partial charge in [-0.3, -0.25) is 19.0 Å². The first-order valence-electron chi connectivity index (χ1n) is 12.3. The third-order valence-corrected chi connectivity index (χ3v) is 7.52. The predicted octanol–water partition coefficient (Wildman–Crippen LogP) is 1.12. The third kappa shape index (κ3) is 5.84. The molecule has 2 N–H and O–H groups in total. The van der Waals surface area contributed by atoms with E-state index < -0.39 is 5.91 Å². The summed E-state index contributed by atoms with van der Waals surface area (Å²) in [6.45, 7) is 2.84. The maximum absolute atomic E-state index is 13.1. The van der Waals surface area contributed by atoms with E-state index in [1.54, 1.807) is 31.0 Å². The molecule has 0 saturated heterocycles. The summed E-state index contributed by atoms with van der Waals surface area (Å²) in [5.74, 6) is -0.754. The fraction of sp³-hybridized carbons (Fsp3) is 0.250. The van der Waals surface area contributed by atoms with Gasteiger partial charge in [-0.1, -0.05) is 24.3 Å². The Morgan fingerprint density at radius 3 is 2.72 bits per heavy atom. The van der Waals surface area contributed by atoms with Crippen LogP contribution < -0.4 is 35.2 Å². The molecule has 0 spiro atoms. The van der Waals surface area contributed by atoms with Crippen LogP contribution in [0.25, 0.3) is 11.8 Å². The van der Waals surface area contributed by atoms with Crippen LogP contribution in [0.2, 0.25) is 0 Å². The van der Waals surface area contributed by atoms with Gasteiger partial charge in [-0.2, -0.15) is 10.5 Å². The quantitative estimate of drug-likeness (QED) is 0.408. The highest BCUT2D eigenvalue weighted by Gasteiger charge is 2.22. The second-order valence-corrected chi connectivity index (χ2v) is 9.77. The molecule has 4 rings (SSSR count). The fourth-order valence-electron chi connectivity index (χ4n) is 4.33. The molecule has 2 heterocycles. The van der Waals surface area contributed by atoms with E-state index in [0.29, 0.717) is 15.9 Å². The molecule has 0 radical (unpaired) electrons. The molecule has 0 saturated carbocycles. The number of fused-ring (bicyclic) bond motifs is 1. The van der Waals surface area contributed by atoms with Gasteiger partial charge in [0.2, 0.25) is 5.91 Å². The van der Waals surface area contributed by atoms with E-state index in [2.05, 4.69) is 21.6 Å². The molecule has 1 aliphatic rings. The Hall–Kier alpha value is -4.87. The number of rotatable bonds is 8. The second-order valence-electron chi connectivity index (χ2n) is 8.74. The van der Waals surface area contributed by atoms with Crippen LogP contribution in [0, 0.1) is 22.7 Å². The summed E-state index contributed by atoms with van der Waals surface area (Å²) in [6.07, 6.45) is 2.44. The van der Waals surface area contributed by atoms with Crippen molar-refractivity contribution in [1.29, 1.82) is 10.5 Å². The number of benzene rings is 2. The molecule has 0 unspecified atom stereocenters. The predicted molar refractivity (Wildman–Crippen MR) is 151 cm³/mol. The van der Waals surface area contributed by atoms with Crippen molar-refractivity contribution in [2.24, 2.45) is 0 Å². The Morgan fingerprint density at radius 2 is 1.97 bits per heavy atom. The van der Waals surface area contributed by atoms with Gasteiger partial charge in [0, 0.05) is 43.4 Å². The van der Waals surface area contributed by atoms with Crippen LogP contribution in [-0.2, 0) is 22.6 Å². The number of nitriles is 2. The van der Waals surface area contributed by atoms with Crippen LogP contribution in [0.15, 0.2) is 53.3 Å². The molecule has 0 atom stereocenters. The Kier molecular flexibility index (Phi) is 8.44. The van der Waals surface area contributed by atoms with E-state index in [4.69, 9.17) is 5.26 Å². The first-order valence-corrected chi connectivity index (χ1v) is 13.1. The van der Waals surface area contributed by atoms with Gasteiger partial charge >= 0.3 is 0 Å². The summed E-state index contributed by atoms with van der Waals surface area (Å²) in [5, 5.41) is 23.7. The van der Waals surface area contributed by atoms with Gasteiger partial charge in [0.05, 0.1) is 12.6 Å². The van der Waals surface area contributed by atoms with Crippen molar-refractivity contribution in [3.05, 3.63) is 73.6 Å². The molecule has 2 amide bonds. The first kappa shape index (κ1) is 27.2. The molecule has 1 aromatic heterocycles. The van der Waals surface area contributed by atoms with E-state index in [9.17, 15) is 19.6 Å². The van der Waals surface area contributed by atoms with E-state index in [1.165, 1.54) is 16.3 Å². The van der Waals surface area contributed by atoms with Crippen LogP contribution in [0.3, 0.4) is 0 Å². The summed E-state index contributed by atoms with van der Waals surface area (Å²) in [5.41, 5.74) is 3.12. The zero-order chi connectivity index (χ0) is 27.9. The SMILES string of the molecule is CCn1c(=C(C#N)C(=O)NCC#N)sc(=CNc2cccc(N(C)C(=O)CN3CCc4ccccc43)c2)c1=O. The zero-order valence-corrected chi connectivity index (χ0v) is 22.4. The highest BCUT2D eigenvalue weighted by Crippen LogP contribution is 2.27. The smallest absolute Gasteiger partial charge is 0.270 e. The number of nitrogens with one attached hydrogen (secondary N) is 2. The molecular weight excluding hydrogens is 514 g/mol. The van der Waals surface area contributed by atoms with Crippen LogP contribution >= 0.6 is 11.3 Å². The molecule has 198 valence electrons. The highest BCUT2D eigenvalue weighted by atomic mass is 32.1. The minimum atomic E-state index is -0.708. The molecule has 3 aromatic rings. The number of carbonyl (C=O) groups is 2. The number of carbonyl (C=O) groups excluding carboxylic acids is 2. The number of para-hydroxylation sites is 1. The summed E-state index contributed by atoms with van der Waals surface area (Å²) in [6, 6.07) is 19.0. The highest BCUT2D eigenvalue weighted by molar-refractivity contribution is 7.07. The average molecular weight is 542 g/mol. The van der Waals surface area contributed by atoms with Gasteiger partial charge in [-0.25, -0.2) is 0 Å². The van der Waals surface area contributed by atoms with Crippen molar-refractivity contribution in [2.45, 2.75) is 19.9 Å². The lowest BCUT2D eigenvalue weighted by molar-refractivity contribution is -0.117. The number of amides is 2. The molecule has 0 bridgehead atoms. The van der Waals surface area contributed by atoms with Gasteiger partial charge in [0.1, 0.15) is 21.8 Å². The lowest BCUT2D eigenvalue weighted by Crippen LogP contribution is -2.37. The van der Waals surface area contributed by atoms with Crippen molar-refractivity contribution in [2.75, 3.05) is 41.8 Å². The minimum Gasteiger partial charge on any atom is -0.362 e. The standard InChI is InChI=1S/C28H27N7O3S/c1-3-35-27(38)24(39-28(35)22(16-30)26(37)31-13-12-29)17-32-20-8-6-9-21(15-20)33(2)25(36)18-34-14-11-19-7-4-5-10-23(19)34/h4-10,15,17,32H,3,11,13-14,18H2,1-2H3,(H,31,37). The summed E-state index contributed by atoms with van der Waals surface area (Å²) >= 11 is 1.01. The Balaban J connectivity index is 1.55. The van der Waals surface area contributed by atoms with Gasteiger partial charge < -0.3 is 20.4 Å². The average Bonchev–Trinajstić information content (AvgIpc) is 3.50. The number of thiazole rings is 1. The molecule has 0 fully saturated rings. The second kappa shape index (κ2) is 12.1. The third-order valence-electron chi connectivity index (χ3n) is 6.39. The summed E-state index contributed by atoms with van der Waals surface area (Å²) < 4.78 is 1.87. The minimum absolute atomic E-state index is 0.0455. The van der Waals surface area contributed by atoms with Gasteiger partial charge in [-0.15, -0.1) is 11.3 Å². The maximum Gasteiger partial charge on any atom is 0.270 e. The van der Waals surface area contributed by atoms with E-state index in [-0.39, 0.29) is 41.3 Å². The van der Waals surface area contributed by atoms with Crippen molar-refractivity contribution in [1.82, 2.24) is 9.88 Å². The fourth-order valence-corrected chi connectivity index (χ4v) is 5.42. The number of nitrogens with zero attached hydrogens (tertiary/aromatic N) is 5. The molecular formula is C28H27N7O3S. The molecule has 39 heavy (non-hydrogen) atoms. The first-order chi connectivity index (χ1) is 18.9. The Bertz CT molecular complexity index is 1680. The van der Waals surface area contributed by atoms with Crippen molar-refractivity contribution < 1.29 is 9.59 Å². The van der Waals surface area contributed by atoms with Crippen LogP contribution in [0.4, 0.5) is 17.1 Å². The number of hydrogen-bond acceptors (Lipinski definition) is 8. The van der Waals surface area contributed by atoms with Crippen molar-refractivity contribution in [3.63, 3.8) is 0 Å². The maximum atomic E-state index is 13.1. The monoisotopic (exact) mass is 541 g/mol. The lowest BCUT2D eigenvalue weighted by Gasteiger charge is -2.24. The molecule has 10 nitrogen and oxygen atoms in total. The Labute approximate surface area is 229 Å². The van der Waals surface area contributed by atoms with Crippen LogP contribution in [0.5, 0.6) is 0 Å². The normalized spacial score (nSPS) is 13.2. The summed E-state index contributed by atoms with van der Waals surface area (Å²) in [7, 11) is 1.73. The summed E-state index contributed by atoms with van der Waals surface area (Å²) in [4.78, 5) is 42.0. The topological polar surface area (TPSA) is 134 Å². The number of hydrogen-bond donors (Lipinski definition) is 2. The molecule has 0 aliphatic carbocycles. The van der Waals surface area contributed by atoms with E-state index in [1.807, 2.05) is 42.5 Å².